The summed E-state index contributed by atoms with van der Waals surface area (Å²) in [5.41, 5.74) is 0.361. The zero-order valence-corrected chi connectivity index (χ0v) is 12.7. The van der Waals surface area contributed by atoms with Crippen LogP contribution >= 0.6 is 0 Å². The van der Waals surface area contributed by atoms with Crippen molar-refractivity contribution in [1.82, 2.24) is 19.8 Å². The van der Waals surface area contributed by atoms with Crippen LogP contribution in [-0.2, 0) is 4.79 Å². The normalized spacial score (nSPS) is 16.0. The van der Waals surface area contributed by atoms with E-state index < -0.39 is 0 Å². The van der Waals surface area contributed by atoms with E-state index in [1.54, 1.807) is 11.1 Å². The predicted octanol–water partition coefficient (Wildman–Crippen LogP) is 1.20. The second kappa shape index (κ2) is 7.15. The minimum Gasteiger partial charge on any atom is -0.341 e. The van der Waals surface area contributed by atoms with Crippen LogP contribution in [-0.4, -0.2) is 57.8 Å². The summed E-state index contributed by atoms with van der Waals surface area (Å²) in [5, 5.41) is 0. The third-order valence-electron chi connectivity index (χ3n) is 3.50. The zero-order valence-electron chi connectivity index (χ0n) is 12.7. The van der Waals surface area contributed by atoms with E-state index in [9.17, 15) is 9.59 Å². The van der Waals surface area contributed by atoms with Gasteiger partial charge < -0.3 is 9.80 Å². The van der Waals surface area contributed by atoms with Gasteiger partial charge in [-0.2, -0.15) is 0 Å². The van der Waals surface area contributed by atoms with E-state index in [2.05, 4.69) is 9.97 Å². The molecule has 1 aromatic rings. The molecule has 0 bridgehead atoms. The fourth-order valence-corrected chi connectivity index (χ4v) is 2.42. The molecule has 1 aromatic heterocycles. The summed E-state index contributed by atoms with van der Waals surface area (Å²) in [6, 6.07) is 0. The van der Waals surface area contributed by atoms with Crippen LogP contribution in [0.25, 0.3) is 0 Å². The summed E-state index contributed by atoms with van der Waals surface area (Å²) in [7, 11) is 0. The van der Waals surface area contributed by atoms with Gasteiger partial charge in [0.15, 0.2) is 0 Å². The summed E-state index contributed by atoms with van der Waals surface area (Å²) >= 11 is 0. The van der Waals surface area contributed by atoms with Crippen molar-refractivity contribution in [3.05, 3.63) is 24.3 Å². The van der Waals surface area contributed by atoms with Crippen LogP contribution in [0.4, 0.5) is 0 Å². The van der Waals surface area contributed by atoms with E-state index in [1.165, 1.54) is 12.4 Å². The van der Waals surface area contributed by atoms with E-state index in [4.69, 9.17) is 0 Å². The maximum absolute atomic E-state index is 12.3. The van der Waals surface area contributed by atoms with Crippen LogP contribution in [0.3, 0.4) is 0 Å². The molecule has 2 amide bonds. The Kier molecular flexibility index (Phi) is 5.25. The fourth-order valence-electron chi connectivity index (χ4n) is 2.42. The first-order valence-electron chi connectivity index (χ1n) is 7.41. The van der Waals surface area contributed by atoms with Crippen molar-refractivity contribution in [2.45, 2.75) is 26.7 Å². The van der Waals surface area contributed by atoms with Gasteiger partial charge in [-0.15, -0.1) is 0 Å². The number of hydrogen-bond donors (Lipinski definition) is 0. The van der Waals surface area contributed by atoms with E-state index in [-0.39, 0.29) is 11.8 Å². The average molecular weight is 290 g/mol. The summed E-state index contributed by atoms with van der Waals surface area (Å²) in [6.07, 6.45) is 5.91. The molecule has 6 heteroatoms. The predicted molar refractivity (Wildman–Crippen MR) is 78.6 cm³/mol. The van der Waals surface area contributed by atoms with Gasteiger partial charge in [-0.25, -0.2) is 4.98 Å². The van der Waals surface area contributed by atoms with Crippen molar-refractivity contribution >= 4 is 11.8 Å². The Morgan fingerprint density at radius 1 is 1.14 bits per heavy atom. The van der Waals surface area contributed by atoms with E-state index >= 15 is 0 Å². The number of aromatic nitrogens is 2. The first kappa shape index (κ1) is 15.4. The van der Waals surface area contributed by atoms with Crippen LogP contribution in [0.5, 0.6) is 0 Å². The molecule has 1 aliphatic rings. The highest BCUT2D eigenvalue weighted by Gasteiger charge is 2.23. The maximum Gasteiger partial charge on any atom is 0.274 e. The Bertz CT molecular complexity index is 490. The monoisotopic (exact) mass is 290 g/mol. The standard InChI is InChI=1S/C15H22N4O2/c1-12(2)10-14(20)18-6-3-7-19(9-8-18)15(21)13-11-16-4-5-17-13/h4-5,11-12H,3,6-10H2,1-2H3. The molecule has 0 radical (unpaired) electrons. The van der Waals surface area contributed by atoms with Crippen LogP contribution < -0.4 is 0 Å². The Morgan fingerprint density at radius 2 is 1.86 bits per heavy atom. The largest absolute Gasteiger partial charge is 0.341 e. The first-order chi connectivity index (χ1) is 10.1. The number of nitrogens with zero attached hydrogens (tertiary/aromatic N) is 4. The SMILES string of the molecule is CC(C)CC(=O)N1CCCN(C(=O)c2cnccn2)CC1. The second-order valence-electron chi connectivity index (χ2n) is 5.72. The number of rotatable bonds is 3. The van der Waals surface area contributed by atoms with E-state index in [0.717, 1.165) is 13.0 Å². The van der Waals surface area contributed by atoms with Crippen molar-refractivity contribution in [2.75, 3.05) is 26.2 Å². The van der Waals surface area contributed by atoms with E-state index in [0.29, 0.717) is 37.7 Å². The van der Waals surface area contributed by atoms with Crippen molar-refractivity contribution in [2.24, 2.45) is 5.92 Å². The molecule has 1 saturated heterocycles. The minimum absolute atomic E-state index is 0.110. The molecule has 0 saturated carbocycles. The topological polar surface area (TPSA) is 66.4 Å². The van der Waals surface area contributed by atoms with Crippen molar-refractivity contribution in [1.29, 1.82) is 0 Å². The molecular formula is C15H22N4O2. The molecule has 0 atom stereocenters. The number of carbonyl (C=O) groups excluding carboxylic acids is 2. The quantitative estimate of drug-likeness (QED) is 0.839. The van der Waals surface area contributed by atoms with Crippen molar-refractivity contribution in [3.63, 3.8) is 0 Å². The third kappa shape index (κ3) is 4.24. The van der Waals surface area contributed by atoms with Crippen molar-refractivity contribution in [3.8, 4) is 0 Å². The highest BCUT2D eigenvalue weighted by molar-refractivity contribution is 5.92. The Balaban J connectivity index is 1.95. The molecule has 1 fully saturated rings. The van der Waals surface area contributed by atoms with Gasteiger partial charge in [0.05, 0.1) is 6.20 Å². The molecule has 1 aliphatic heterocycles. The molecule has 0 unspecified atom stereocenters. The van der Waals surface area contributed by atoms with Gasteiger partial charge in [-0.1, -0.05) is 13.8 Å². The Labute approximate surface area is 125 Å². The minimum atomic E-state index is -0.110. The molecule has 21 heavy (non-hydrogen) atoms. The van der Waals surface area contributed by atoms with Gasteiger partial charge in [-0.05, 0) is 12.3 Å². The van der Waals surface area contributed by atoms with Gasteiger partial charge in [-0.3, -0.25) is 14.6 Å². The summed E-state index contributed by atoms with van der Waals surface area (Å²) in [5.74, 6) is 0.429. The number of carbonyl (C=O) groups is 2. The lowest BCUT2D eigenvalue weighted by Gasteiger charge is -2.22. The molecule has 0 aliphatic carbocycles. The Morgan fingerprint density at radius 3 is 2.52 bits per heavy atom. The Hall–Kier alpha value is -1.98. The van der Waals surface area contributed by atoms with Gasteiger partial charge in [0, 0.05) is 45.0 Å². The fraction of sp³-hybridized carbons (Fsp3) is 0.600. The van der Waals surface area contributed by atoms with Crippen LogP contribution in [0, 0.1) is 5.92 Å². The number of amides is 2. The summed E-state index contributed by atoms with van der Waals surface area (Å²) < 4.78 is 0. The smallest absolute Gasteiger partial charge is 0.274 e. The number of hydrogen-bond acceptors (Lipinski definition) is 4. The maximum atomic E-state index is 12.3. The third-order valence-corrected chi connectivity index (χ3v) is 3.50. The van der Waals surface area contributed by atoms with Crippen molar-refractivity contribution < 1.29 is 9.59 Å². The molecule has 114 valence electrons. The van der Waals surface area contributed by atoms with Gasteiger partial charge >= 0.3 is 0 Å². The first-order valence-corrected chi connectivity index (χ1v) is 7.41. The molecule has 2 rings (SSSR count). The second-order valence-corrected chi connectivity index (χ2v) is 5.72. The molecule has 6 nitrogen and oxygen atoms in total. The highest BCUT2D eigenvalue weighted by atomic mass is 16.2. The average Bonchev–Trinajstić information content (AvgIpc) is 2.72. The summed E-state index contributed by atoms with van der Waals surface area (Å²) in [6.45, 7) is 6.60. The van der Waals surface area contributed by atoms with Crippen LogP contribution in [0.1, 0.15) is 37.2 Å². The zero-order chi connectivity index (χ0) is 15.2. The van der Waals surface area contributed by atoms with Crippen LogP contribution in [0.2, 0.25) is 0 Å². The lowest BCUT2D eigenvalue weighted by atomic mass is 10.1. The lowest BCUT2D eigenvalue weighted by molar-refractivity contribution is -0.131. The van der Waals surface area contributed by atoms with Crippen LogP contribution in [0.15, 0.2) is 18.6 Å². The molecular weight excluding hydrogens is 268 g/mol. The summed E-state index contributed by atoms with van der Waals surface area (Å²) in [4.78, 5) is 36.0. The molecule has 0 N–H and O–H groups in total. The lowest BCUT2D eigenvalue weighted by Crippen LogP contribution is -2.37. The molecule has 2 heterocycles. The van der Waals surface area contributed by atoms with Gasteiger partial charge in [0.1, 0.15) is 5.69 Å². The highest BCUT2D eigenvalue weighted by Crippen LogP contribution is 2.10. The van der Waals surface area contributed by atoms with Gasteiger partial charge in [0.25, 0.3) is 5.91 Å². The molecule has 0 spiro atoms. The molecule has 0 aromatic carbocycles. The van der Waals surface area contributed by atoms with E-state index in [1.807, 2.05) is 18.7 Å². The van der Waals surface area contributed by atoms with Gasteiger partial charge in [0.2, 0.25) is 5.91 Å².